The second-order valence-corrected chi connectivity index (χ2v) is 7.40. The highest BCUT2D eigenvalue weighted by atomic mass is 32.2. The Hall–Kier alpha value is -0.970. The highest BCUT2D eigenvalue weighted by Gasteiger charge is 2.29. The number of aryl methyl sites for hydroxylation is 1. The van der Waals surface area contributed by atoms with Crippen LogP contribution in [-0.4, -0.2) is 34.1 Å². The number of aromatic nitrogens is 2. The molecule has 0 aliphatic carbocycles. The topological polar surface area (TPSA) is 49.8 Å². The van der Waals surface area contributed by atoms with E-state index in [0.717, 1.165) is 42.4 Å². The summed E-state index contributed by atoms with van der Waals surface area (Å²) in [6, 6.07) is 0. The van der Waals surface area contributed by atoms with Crippen molar-refractivity contribution < 1.29 is 0 Å². The summed E-state index contributed by atoms with van der Waals surface area (Å²) in [5.74, 6) is 4.13. The number of nitrogens with one attached hydrogen (secondary N) is 2. The molecule has 2 rings (SSSR count). The second kappa shape index (κ2) is 6.66. The van der Waals surface area contributed by atoms with Gasteiger partial charge in [-0.3, -0.25) is 0 Å². The summed E-state index contributed by atoms with van der Waals surface area (Å²) in [7, 11) is 1.92. The van der Waals surface area contributed by atoms with Gasteiger partial charge in [0.05, 0.1) is 0 Å². The Balaban J connectivity index is 2.14. The van der Waals surface area contributed by atoms with Crippen LogP contribution in [0.15, 0.2) is 0 Å². The molecule has 0 amide bonds. The SMILES string of the molecule is CCCc1nc(NC)c(C)c(NCC2(C)CCCS2)n1. The maximum Gasteiger partial charge on any atom is 0.134 e. The van der Waals surface area contributed by atoms with Crippen molar-refractivity contribution in [2.24, 2.45) is 0 Å². The molecule has 1 aliphatic heterocycles. The van der Waals surface area contributed by atoms with Gasteiger partial charge in [0.2, 0.25) is 0 Å². The minimum Gasteiger partial charge on any atom is -0.373 e. The van der Waals surface area contributed by atoms with Gasteiger partial charge in [0, 0.05) is 30.3 Å². The molecular weight excluding hydrogens is 268 g/mol. The average Bonchev–Trinajstić information content (AvgIpc) is 2.86. The number of rotatable bonds is 6. The Kier molecular flexibility index (Phi) is 5.13. The standard InChI is InChI=1S/C15H26N4S/c1-5-7-12-18-13(16-4)11(2)14(19-12)17-10-15(3)8-6-9-20-15/h5-10H2,1-4H3,(H2,16,17,18,19). The van der Waals surface area contributed by atoms with E-state index in [1.165, 1.54) is 18.6 Å². The first-order chi connectivity index (χ1) is 9.58. The van der Waals surface area contributed by atoms with E-state index in [-0.39, 0.29) is 0 Å². The van der Waals surface area contributed by atoms with Crippen molar-refractivity contribution in [3.63, 3.8) is 0 Å². The fourth-order valence-electron chi connectivity index (χ4n) is 2.56. The quantitative estimate of drug-likeness (QED) is 0.841. The lowest BCUT2D eigenvalue weighted by Gasteiger charge is -2.24. The zero-order valence-corrected chi connectivity index (χ0v) is 13.9. The Bertz CT molecular complexity index is 455. The van der Waals surface area contributed by atoms with Crippen molar-refractivity contribution in [3.8, 4) is 0 Å². The molecule has 5 heteroatoms. The van der Waals surface area contributed by atoms with Gasteiger partial charge >= 0.3 is 0 Å². The second-order valence-electron chi connectivity index (χ2n) is 5.72. The molecule has 1 aliphatic rings. The molecule has 1 aromatic rings. The lowest BCUT2D eigenvalue weighted by molar-refractivity contribution is 0.633. The van der Waals surface area contributed by atoms with E-state index in [1.54, 1.807) is 0 Å². The molecule has 1 atom stereocenters. The van der Waals surface area contributed by atoms with Crippen molar-refractivity contribution in [1.29, 1.82) is 0 Å². The van der Waals surface area contributed by atoms with Crippen molar-refractivity contribution in [3.05, 3.63) is 11.4 Å². The van der Waals surface area contributed by atoms with Crippen molar-refractivity contribution in [1.82, 2.24) is 9.97 Å². The Morgan fingerprint density at radius 2 is 2.05 bits per heavy atom. The van der Waals surface area contributed by atoms with E-state index in [1.807, 2.05) is 7.05 Å². The summed E-state index contributed by atoms with van der Waals surface area (Å²) < 4.78 is 0.349. The van der Waals surface area contributed by atoms with Crippen LogP contribution in [0, 0.1) is 6.92 Å². The van der Waals surface area contributed by atoms with Crippen LogP contribution in [0.4, 0.5) is 11.6 Å². The molecule has 20 heavy (non-hydrogen) atoms. The van der Waals surface area contributed by atoms with Crippen molar-refractivity contribution in [2.45, 2.75) is 51.2 Å². The van der Waals surface area contributed by atoms with Crippen molar-refractivity contribution >= 4 is 23.4 Å². The molecule has 4 nitrogen and oxygen atoms in total. The fraction of sp³-hybridized carbons (Fsp3) is 0.733. The fourth-order valence-corrected chi connectivity index (χ4v) is 3.81. The van der Waals surface area contributed by atoms with Gasteiger partial charge in [0.1, 0.15) is 17.5 Å². The van der Waals surface area contributed by atoms with Crippen LogP contribution in [0.1, 0.15) is 44.5 Å². The van der Waals surface area contributed by atoms with E-state index in [9.17, 15) is 0 Å². The maximum absolute atomic E-state index is 4.69. The average molecular weight is 294 g/mol. The van der Waals surface area contributed by atoms with E-state index in [4.69, 9.17) is 4.98 Å². The molecule has 0 radical (unpaired) electrons. The molecule has 1 aromatic heterocycles. The van der Waals surface area contributed by atoms with E-state index in [2.05, 4.69) is 48.2 Å². The van der Waals surface area contributed by atoms with E-state index >= 15 is 0 Å². The number of hydrogen-bond acceptors (Lipinski definition) is 5. The number of nitrogens with zero attached hydrogens (tertiary/aromatic N) is 2. The first-order valence-corrected chi connectivity index (χ1v) is 8.49. The van der Waals surface area contributed by atoms with Crippen LogP contribution in [0.3, 0.4) is 0 Å². The van der Waals surface area contributed by atoms with Crippen LogP contribution >= 0.6 is 11.8 Å². The zero-order valence-electron chi connectivity index (χ0n) is 13.0. The first-order valence-electron chi connectivity index (χ1n) is 7.51. The van der Waals surface area contributed by atoms with E-state index in [0.29, 0.717) is 4.75 Å². The molecule has 0 spiro atoms. The summed E-state index contributed by atoms with van der Waals surface area (Å²) in [4.78, 5) is 9.26. The number of hydrogen-bond donors (Lipinski definition) is 2. The largest absolute Gasteiger partial charge is 0.373 e. The molecule has 2 heterocycles. The minimum absolute atomic E-state index is 0.349. The predicted octanol–water partition coefficient (Wildman–Crippen LogP) is 3.48. The molecular formula is C15H26N4S. The molecule has 0 bridgehead atoms. The highest BCUT2D eigenvalue weighted by molar-refractivity contribution is 8.00. The van der Waals surface area contributed by atoms with E-state index < -0.39 is 0 Å². The summed E-state index contributed by atoms with van der Waals surface area (Å²) in [5, 5.41) is 6.73. The Morgan fingerprint density at radius 1 is 1.30 bits per heavy atom. The summed E-state index contributed by atoms with van der Waals surface area (Å²) in [6.45, 7) is 7.56. The lowest BCUT2D eigenvalue weighted by Crippen LogP contribution is -2.28. The van der Waals surface area contributed by atoms with Crippen LogP contribution in [0.5, 0.6) is 0 Å². The molecule has 1 fully saturated rings. The monoisotopic (exact) mass is 294 g/mol. The molecule has 1 saturated heterocycles. The van der Waals surface area contributed by atoms with Gasteiger partial charge in [-0.25, -0.2) is 9.97 Å². The van der Waals surface area contributed by atoms with Gasteiger partial charge in [-0.2, -0.15) is 11.8 Å². The molecule has 0 aromatic carbocycles. The number of thioether (sulfide) groups is 1. The predicted molar refractivity (Wildman–Crippen MR) is 88.9 cm³/mol. The van der Waals surface area contributed by atoms with Crippen LogP contribution < -0.4 is 10.6 Å². The lowest BCUT2D eigenvalue weighted by atomic mass is 10.1. The van der Waals surface area contributed by atoms with Gasteiger partial charge in [-0.15, -0.1) is 0 Å². The molecule has 0 saturated carbocycles. The highest BCUT2D eigenvalue weighted by Crippen LogP contribution is 2.37. The van der Waals surface area contributed by atoms with Gasteiger partial charge in [-0.05, 0) is 38.9 Å². The third-order valence-corrected chi connectivity index (χ3v) is 5.37. The number of anilines is 2. The Morgan fingerprint density at radius 3 is 2.65 bits per heavy atom. The van der Waals surface area contributed by atoms with Gasteiger partial charge in [-0.1, -0.05) is 6.92 Å². The normalized spacial score (nSPS) is 22.0. The zero-order chi connectivity index (χ0) is 14.6. The summed E-state index contributed by atoms with van der Waals surface area (Å²) in [5.41, 5.74) is 1.11. The summed E-state index contributed by atoms with van der Waals surface area (Å²) >= 11 is 2.07. The van der Waals surface area contributed by atoms with Crippen LogP contribution in [0.2, 0.25) is 0 Å². The van der Waals surface area contributed by atoms with Gasteiger partial charge in [0.25, 0.3) is 0 Å². The third-order valence-electron chi connectivity index (χ3n) is 3.83. The third kappa shape index (κ3) is 3.57. The van der Waals surface area contributed by atoms with Crippen LogP contribution in [0.25, 0.3) is 0 Å². The van der Waals surface area contributed by atoms with Crippen LogP contribution in [-0.2, 0) is 6.42 Å². The van der Waals surface area contributed by atoms with Gasteiger partial charge < -0.3 is 10.6 Å². The maximum atomic E-state index is 4.69. The smallest absolute Gasteiger partial charge is 0.134 e. The molecule has 1 unspecified atom stereocenters. The summed E-state index contributed by atoms with van der Waals surface area (Å²) in [6.07, 6.45) is 4.61. The molecule has 112 valence electrons. The van der Waals surface area contributed by atoms with Gasteiger partial charge in [0.15, 0.2) is 0 Å². The molecule has 2 N–H and O–H groups in total. The van der Waals surface area contributed by atoms with Crippen molar-refractivity contribution in [2.75, 3.05) is 30.0 Å². The first kappa shape index (κ1) is 15.4. The minimum atomic E-state index is 0.349. The Labute approximate surface area is 126 Å².